The van der Waals surface area contributed by atoms with E-state index in [9.17, 15) is 0 Å². The molecule has 0 radical (unpaired) electrons. The number of aliphatic imine (C=N–C) groups is 1. The van der Waals surface area contributed by atoms with Crippen molar-refractivity contribution in [3.63, 3.8) is 0 Å². The Labute approximate surface area is 105 Å². The molecule has 4 rings (SSSR count). The zero-order valence-corrected chi connectivity index (χ0v) is 11.3. The van der Waals surface area contributed by atoms with Gasteiger partial charge in [-0.2, -0.15) is 0 Å². The Balaban J connectivity index is 1.72. The Morgan fingerprint density at radius 2 is 1.82 bits per heavy atom. The summed E-state index contributed by atoms with van der Waals surface area (Å²) >= 11 is 0. The molecule has 17 heavy (non-hydrogen) atoms. The van der Waals surface area contributed by atoms with Gasteiger partial charge in [0.05, 0.1) is 11.9 Å². The van der Waals surface area contributed by atoms with Crippen molar-refractivity contribution in [1.82, 2.24) is 5.32 Å². The topological polar surface area (TPSA) is 24.4 Å². The first-order valence-electron chi connectivity index (χ1n) is 7.58. The normalized spacial score (nSPS) is 43.4. The minimum Gasteiger partial charge on any atom is -0.371 e. The maximum Gasteiger partial charge on any atom is 0.1000 e. The van der Waals surface area contributed by atoms with E-state index >= 15 is 0 Å². The maximum atomic E-state index is 5.13. The molecule has 2 aliphatic carbocycles. The molecule has 2 heterocycles. The Kier molecular flexibility index (Phi) is 3.14. The van der Waals surface area contributed by atoms with Gasteiger partial charge in [-0.05, 0) is 50.4 Å². The van der Waals surface area contributed by atoms with E-state index in [4.69, 9.17) is 4.99 Å². The molecule has 2 saturated carbocycles. The fourth-order valence-corrected chi connectivity index (χ4v) is 4.07. The van der Waals surface area contributed by atoms with Gasteiger partial charge in [-0.15, -0.1) is 0 Å². The number of hydrogen-bond acceptors (Lipinski definition) is 1. The summed E-state index contributed by atoms with van der Waals surface area (Å²) in [6.45, 7) is 4.73. The average molecular weight is 234 g/mol. The molecule has 96 valence electrons. The van der Waals surface area contributed by atoms with Gasteiger partial charge in [0, 0.05) is 12.0 Å². The Bertz CT molecular complexity index is 300. The number of nitrogens with one attached hydrogen (secondary N) is 1. The lowest BCUT2D eigenvalue weighted by atomic mass is 9.80. The van der Waals surface area contributed by atoms with Gasteiger partial charge >= 0.3 is 0 Å². The second-order valence-electron chi connectivity index (χ2n) is 6.61. The lowest BCUT2D eigenvalue weighted by Gasteiger charge is -2.39. The highest BCUT2D eigenvalue weighted by Gasteiger charge is 2.35. The van der Waals surface area contributed by atoms with Gasteiger partial charge in [0.1, 0.15) is 0 Å². The summed E-state index contributed by atoms with van der Waals surface area (Å²) in [5, 5.41) is 3.69. The summed E-state index contributed by atoms with van der Waals surface area (Å²) in [4.78, 5) is 5.13. The van der Waals surface area contributed by atoms with Crippen LogP contribution in [-0.2, 0) is 0 Å². The summed E-state index contributed by atoms with van der Waals surface area (Å²) in [6, 6.07) is 1.37. The van der Waals surface area contributed by atoms with Crippen LogP contribution in [0.1, 0.15) is 58.8 Å². The summed E-state index contributed by atoms with van der Waals surface area (Å²) < 4.78 is 0. The Hall–Kier alpha value is -0.530. The SMILES string of the molecule is CC(C)[C@H]1CCC[C@H]1N=C1NC2CCC1CC2. The molecule has 0 unspecified atom stereocenters. The highest BCUT2D eigenvalue weighted by Crippen LogP contribution is 2.36. The summed E-state index contributed by atoms with van der Waals surface area (Å²) in [5.41, 5.74) is 0. The number of hydrogen-bond donors (Lipinski definition) is 1. The van der Waals surface area contributed by atoms with Crippen molar-refractivity contribution >= 4 is 5.84 Å². The van der Waals surface area contributed by atoms with Crippen molar-refractivity contribution in [3.8, 4) is 0 Å². The molecule has 0 amide bonds. The lowest BCUT2D eigenvalue weighted by molar-refractivity contribution is 0.310. The molecule has 2 heteroatoms. The van der Waals surface area contributed by atoms with Gasteiger partial charge < -0.3 is 5.32 Å². The molecule has 2 bridgehead atoms. The highest BCUT2D eigenvalue weighted by molar-refractivity contribution is 5.86. The van der Waals surface area contributed by atoms with Crippen LogP contribution in [0.15, 0.2) is 4.99 Å². The first-order chi connectivity index (χ1) is 8.24. The molecule has 0 aromatic rings. The van der Waals surface area contributed by atoms with Crippen LogP contribution in [0.2, 0.25) is 0 Å². The minimum atomic E-state index is 0.622. The molecule has 4 fully saturated rings. The monoisotopic (exact) mass is 234 g/mol. The third kappa shape index (κ3) is 2.23. The van der Waals surface area contributed by atoms with Crippen LogP contribution in [0, 0.1) is 17.8 Å². The fraction of sp³-hybridized carbons (Fsp3) is 0.933. The van der Waals surface area contributed by atoms with Crippen molar-refractivity contribution in [3.05, 3.63) is 0 Å². The van der Waals surface area contributed by atoms with E-state index in [0.717, 1.165) is 23.8 Å². The Morgan fingerprint density at radius 3 is 2.41 bits per heavy atom. The van der Waals surface area contributed by atoms with Crippen LogP contribution >= 0.6 is 0 Å². The quantitative estimate of drug-likeness (QED) is 0.778. The predicted octanol–water partition coefficient (Wildman–Crippen LogP) is 3.37. The number of amidine groups is 1. The number of rotatable bonds is 2. The standard InChI is InChI=1S/C15H26N2/c1-10(2)13-4-3-5-14(13)17-15-11-6-8-12(16-15)9-7-11/h10-14H,3-9H2,1-2H3,(H,16,17)/t11?,12?,13-,14-/m1/s1. The van der Waals surface area contributed by atoms with Gasteiger partial charge in [-0.1, -0.05) is 20.3 Å². The second-order valence-corrected chi connectivity index (χ2v) is 6.61. The van der Waals surface area contributed by atoms with Crippen LogP contribution in [-0.4, -0.2) is 17.9 Å². The van der Waals surface area contributed by atoms with E-state index in [2.05, 4.69) is 19.2 Å². The largest absolute Gasteiger partial charge is 0.371 e. The van der Waals surface area contributed by atoms with Crippen LogP contribution in [0.25, 0.3) is 0 Å². The molecule has 2 nitrogen and oxygen atoms in total. The second kappa shape index (κ2) is 4.62. The Morgan fingerprint density at radius 1 is 1.06 bits per heavy atom. The molecule has 2 saturated heterocycles. The summed E-state index contributed by atoms with van der Waals surface area (Å²) in [7, 11) is 0. The van der Waals surface area contributed by atoms with Gasteiger partial charge in [0.15, 0.2) is 0 Å². The van der Waals surface area contributed by atoms with E-state index in [1.165, 1.54) is 50.8 Å². The molecular weight excluding hydrogens is 208 g/mol. The zero-order chi connectivity index (χ0) is 11.8. The predicted molar refractivity (Wildman–Crippen MR) is 72.3 cm³/mol. The van der Waals surface area contributed by atoms with Crippen LogP contribution < -0.4 is 5.32 Å². The first kappa shape index (κ1) is 11.6. The fourth-order valence-electron chi connectivity index (χ4n) is 4.07. The third-order valence-corrected chi connectivity index (χ3v) is 5.16. The van der Waals surface area contributed by atoms with Crippen molar-refractivity contribution in [2.24, 2.45) is 22.7 Å². The van der Waals surface area contributed by atoms with E-state index in [-0.39, 0.29) is 0 Å². The summed E-state index contributed by atoms with van der Waals surface area (Å²) in [5.74, 6) is 3.79. The average Bonchev–Trinajstić information content (AvgIpc) is 2.79. The van der Waals surface area contributed by atoms with Crippen molar-refractivity contribution in [1.29, 1.82) is 0 Å². The van der Waals surface area contributed by atoms with Gasteiger partial charge in [-0.3, -0.25) is 4.99 Å². The van der Waals surface area contributed by atoms with Crippen molar-refractivity contribution in [2.75, 3.05) is 0 Å². The summed E-state index contributed by atoms with van der Waals surface area (Å²) in [6.07, 6.45) is 9.63. The molecule has 0 aromatic carbocycles. The van der Waals surface area contributed by atoms with E-state index in [1.807, 2.05) is 0 Å². The molecule has 1 N–H and O–H groups in total. The van der Waals surface area contributed by atoms with E-state index in [0.29, 0.717) is 6.04 Å². The molecule has 4 aliphatic rings. The number of piperidine rings is 2. The highest BCUT2D eigenvalue weighted by atomic mass is 15.1. The smallest absolute Gasteiger partial charge is 0.1000 e. The van der Waals surface area contributed by atoms with Crippen molar-refractivity contribution in [2.45, 2.75) is 70.9 Å². The third-order valence-electron chi connectivity index (χ3n) is 5.16. The molecule has 0 spiro atoms. The number of nitrogens with zero attached hydrogens (tertiary/aromatic N) is 1. The maximum absolute atomic E-state index is 5.13. The van der Waals surface area contributed by atoms with Crippen LogP contribution in [0.3, 0.4) is 0 Å². The van der Waals surface area contributed by atoms with Gasteiger partial charge in [0.2, 0.25) is 0 Å². The van der Waals surface area contributed by atoms with Gasteiger partial charge in [0.25, 0.3) is 0 Å². The van der Waals surface area contributed by atoms with E-state index < -0.39 is 0 Å². The molecular formula is C15H26N2. The lowest BCUT2D eigenvalue weighted by Crippen LogP contribution is -2.49. The zero-order valence-electron chi connectivity index (χ0n) is 11.3. The molecule has 2 aliphatic heterocycles. The first-order valence-corrected chi connectivity index (χ1v) is 7.58. The number of fused-ring (bicyclic) bond motifs is 3. The van der Waals surface area contributed by atoms with Crippen molar-refractivity contribution < 1.29 is 0 Å². The van der Waals surface area contributed by atoms with Gasteiger partial charge in [-0.25, -0.2) is 0 Å². The molecule has 2 atom stereocenters. The molecule has 0 aromatic heterocycles. The van der Waals surface area contributed by atoms with E-state index in [1.54, 1.807) is 0 Å². The van der Waals surface area contributed by atoms with Crippen LogP contribution in [0.4, 0.5) is 0 Å². The minimum absolute atomic E-state index is 0.622. The van der Waals surface area contributed by atoms with Crippen LogP contribution in [0.5, 0.6) is 0 Å².